The number of nitrogens with zero attached hydrogens (tertiary/aromatic N) is 2. The third-order valence-electron chi connectivity index (χ3n) is 4.69. The van der Waals surface area contributed by atoms with Crippen LogP contribution in [0.1, 0.15) is 21.5 Å². The summed E-state index contributed by atoms with van der Waals surface area (Å²) in [6.45, 7) is 2.00. The van der Waals surface area contributed by atoms with Crippen molar-refractivity contribution in [1.29, 1.82) is 0 Å². The summed E-state index contributed by atoms with van der Waals surface area (Å²) in [6.07, 6.45) is 1.43. The first-order chi connectivity index (χ1) is 16.4. The monoisotopic (exact) mass is 462 g/mol. The first-order valence-electron chi connectivity index (χ1n) is 10.1. The van der Waals surface area contributed by atoms with E-state index in [1.807, 2.05) is 31.2 Å². The third-order valence-corrected chi connectivity index (χ3v) is 4.69. The molecule has 0 fully saturated rings. The number of rotatable bonds is 9. The Bertz CT molecular complexity index is 1220. The van der Waals surface area contributed by atoms with Crippen molar-refractivity contribution in [2.24, 2.45) is 5.10 Å². The highest BCUT2D eigenvalue weighted by Gasteiger charge is 2.14. The number of para-hydroxylation sites is 1. The van der Waals surface area contributed by atoms with Crippen molar-refractivity contribution in [3.8, 4) is 11.5 Å². The summed E-state index contributed by atoms with van der Waals surface area (Å²) >= 11 is 0. The lowest BCUT2D eigenvalue weighted by Gasteiger charge is -2.10. The number of hydrogen-bond donors (Lipinski definition) is 2. The second-order valence-corrected chi connectivity index (χ2v) is 7.07. The Balaban J connectivity index is 1.58. The number of nitrogens with one attached hydrogen (secondary N) is 2. The number of carbonyl (C=O) groups excluding carboxylic acids is 2. The Labute approximate surface area is 195 Å². The first-order valence-corrected chi connectivity index (χ1v) is 10.1. The maximum Gasteiger partial charge on any atom is 0.343 e. The van der Waals surface area contributed by atoms with E-state index in [-0.39, 0.29) is 35.2 Å². The predicted octanol–water partition coefficient (Wildman–Crippen LogP) is 3.69. The van der Waals surface area contributed by atoms with Crippen LogP contribution in [0.15, 0.2) is 71.8 Å². The van der Waals surface area contributed by atoms with Gasteiger partial charge in [-0.1, -0.05) is 18.2 Å². The van der Waals surface area contributed by atoms with Crippen LogP contribution in [-0.4, -0.2) is 36.7 Å². The van der Waals surface area contributed by atoms with Gasteiger partial charge in [-0.25, -0.2) is 10.2 Å². The van der Waals surface area contributed by atoms with E-state index in [2.05, 4.69) is 15.8 Å². The molecule has 0 aliphatic heterocycles. The fourth-order valence-corrected chi connectivity index (χ4v) is 2.89. The van der Waals surface area contributed by atoms with E-state index in [1.54, 1.807) is 12.1 Å². The molecule has 174 valence electrons. The summed E-state index contributed by atoms with van der Waals surface area (Å²) in [4.78, 5) is 34.5. The molecule has 2 N–H and O–H groups in total. The number of benzene rings is 3. The normalized spacial score (nSPS) is 10.5. The Morgan fingerprint density at radius 1 is 1.06 bits per heavy atom. The molecule has 0 radical (unpaired) electrons. The molecule has 0 saturated heterocycles. The Kier molecular flexibility index (Phi) is 7.90. The molecule has 0 atom stereocenters. The Hall–Kier alpha value is -4.73. The van der Waals surface area contributed by atoms with Gasteiger partial charge in [0.1, 0.15) is 0 Å². The van der Waals surface area contributed by atoms with Gasteiger partial charge in [-0.05, 0) is 54.4 Å². The van der Waals surface area contributed by atoms with Crippen molar-refractivity contribution in [3.63, 3.8) is 0 Å². The smallest absolute Gasteiger partial charge is 0.343 e. The zero-order valence-corrected chi connectivity index (χ0v) is 18.5. The number of carbonyl (C=O) groups is 2. The number of nitro groups is 1. The van der Waals surface area contributed by atoms with Gasteiger partial charge in [0, 0.05) is 17.8 Å². The summed E-state index contributed by atoms with van der Waals surface area (Å²) in [5, 5.41) is 17.7. The Morgan fingerprint density at radius 3 is 2.47 bits per heavy atom. The molecule has 0 saturated carbocycles. The van der Waals surface area contributed by atoms with Gasteiger partial charge < -0.3 is 14.8 Å². The molecule has 0 unspecified atom stereocenters. The number of amides is 1. The van der Waals surface area contributed by atoms with Crippen molar-refractivity contribution in [2.45, 2.75) is 6.92 Å². The lowest BCUT2D eigenvalue weighted by molar-refractivity contribution is -0.384. The average Bonchev–Trinajstić information content (AvgIpc) is 2.84. The van der Waals surface area contributed by atoms with E-state index < -0.39 is 10.9 Å². The molecule has 3 aromatic carbocycles. The highest BCUT2D eigenvalue weighted by atomic mass is 16.6. The van der Waals surface area contributed by atoms with E-state index in [0.717, 1.165) is 11.3 Å². The molecular weight excluding hydrogens is 440 g/mol. The number of methoxy groups -OCH3 is 1. The van der Waals surface area contributed by atoms with Crippen molar-refractivity contribution in [2.75, 3.05) is 19.0 Å². The minimum Gasteiger partial charge on any atom is -0.493 e. The van der Waals surface area contributed by atoms with Crippen molar-refractivity contribution in [3.05, 3.63) is 93.5 Å². The van der Waals surface area contributed by atoms with Crippen molar-refractivity contribution in [1.82, 2.24) is 5.43 Å². The molecule has 0 aliphatic rings. The predicted molar refractivity (Wildman–Crippen MR) is 126 cm³/mol. The highest BCUT2D eigenvalue weighted by Crippen LogP contribution is 2.28. The standard InChI is InChI=1S/C24H22N4O6/c1-16-5-3-4-6-20(16)25-15-23(29)27-26-14-17-7-12-21(22(13-17)33-2)34-24(30)18-8-10-19(11-9-18)28(31)32/h3-14,25H,15H2,1-2H3,(H,27,29)/b26-14-. The van der Waals surface area contributed by atoms with Gasteiger partial charge in [0.05, 0.1) is 30.4 Å². The minimum absolute atomic E-state index is 0.0586. The van der Waals surface area contributed by atoms with Gasteiger partial charge in [0.15, 0.2) is 11.5 Å². The van der Waals surface area contributed by atoms with Crippen LogP contribution in [0, 0.1) is 17.0 Å². The SMILES string of the molecule is COc1cc(/C=N\NC(=O)CNc2ccccc2C)ccc1OC(=O)c1ccc([N+](=O)[O-])cc1. The van der Waals surface area contributed by atoms with Gasteiger partial charge in [0.25, 0.3) is 11.6 Å². The number of hydrazone groups is 1. The van der Waals surface area contributed by atoms with Crippen LogP contribution in [0.25, 0.3) is 0 Å². The van der Waals surface area contributed by atoms with Gasteiger partial charge in [-0.15, -0.1) is 0 Å². The maximum atomic E-state index is 12.4. The molecule has 0 bridgehead atoms. The van der Waals surface area contributed by atoms with E-state index in [0.29, 0.717) is 5.56 Å². The number of hydrogen-bond acceptors (Lipinski definition) is 8. The van der Waals surface area contributed by atoms with Crippen LogP contribution in [-0.2, 0) is 4.79 Å². The van der Waals surface area contributed by atoms with Crippen LogP contribution < -0.4 is 20.2 Å². The van der Waals surface area contributed by atoms with Crippen LogP contribution in [0.5, 0.6) is 11.5 Å². The largest absolute Gasteiger partial charge is 0.493 e. The highest BCUT2D eigenvalue weighted by molar-refractivity contribution is 5.92. The van der Waals surface area contributed by atoms with Gasteiger partial charge >= 0.3 is 5.97 Å². The van der Waals surface area contributed by atoms with Crippen LogP contribution in [0.4, 0.5) is 11.4 Å². The molecule has 34 heavy (non-hydrogen) atoms. The number of anilines is 1. The molecule has 0 aromatic heterocycles. The molecule has 3 aromatic rings. The van der Waals surface area contributed by atoms with Crippen LogP contribution >= 0.6 is 0 Å². The fourth-order valence-electron chi connectivity index (χ4n) is 2.89. The molecule has 10 nitrogen and oxygen atoms in total. The number of nitro benzene ring substituents is 1. The number of ether oxygens (including phenoxy) is 2. The molecule has 0 heterocycles. The maximum absolute atomic E-state index is 12.4. The molecule has 10 heteroatoms. The average molecular weight is 462 g/mol. The minimum atomic E-state index is -0.692. The quantitative estimate of drug-likeness (QED) is 0.163. The second kappa shape index (κ2) is 11.2. The van der Waals surface area contributed by atoms with Gasteiger partial charge in [-0.3, -0.25) is 14.9 Å². The molecular formula is C24H22N4O6. The summed E-state index contributed by atoms with van der Waals surface area (Å²) in [5.74, 6) is -0.579. The second-order valence-electron chi connectivity index (χ2n) is 7.07. The van der Waals surface area contributed by atoms with E-state index in [9.17, 15) is 19.7 Å². The summed E-state index contributed by atoms with van der Waals surface area (Å²) in [5.41, 5.74) is 4.95. The summed E-state index contributed by atoms with van der Waals surface area (Å²) in [7, 11) is 1.42. The fraction of sp³-hybridized carbons (Fsp3) is 0.125. The van der Waals surface area contributed by atoms with E-state index >= 15 is 0 Å². The van der Waals surface area contributed by atoms with Gasteiger partial charge in [-0.2, -0.15) is 5.10 Å². The van der Waals surface area contributed by atoms with E-state index in [1.165, 1.54) is 43.7 Å². The van der Waals surface area contributed by atoms with Crippen molar-refractivity contribution < 1.29 is 24.0 Å². The number of non-ortho nitro benzene ring substituents is 1. The first kappa shape index (κ1) is 23.9. The zero-order chi connectivity index (χ0) is 24.5. The summed E-state index contributed by atoms with van der Waals surface area (Å²) < 4.78 is 10.6. The number of aryl methyl sites for hydroxylation is 1. The van der Waals surface area contributed by atoms with E-state index in [4.69, 9.17) is 9.47 Å². The van der Waals surface area contributed by atoms with Gasteiger partial charge in [0.2, 0.25) is 0 Å². The molecule has 1 amide bonds. The molecule has 0 aliphatic carbocycles. The lowest BCUT2D eigenvalue weighted by Crippen LogP contribution is -2.26. The lowest BCUT2D eigenvalue weighted by atomic mass is 10.2. The topological polar surface area (TPSA) is 132 Å². The number of esters is 1. The van der Waals surface area contributed by atoms with Crippen molar-refractivity contribution >= 4 is 29.5 Å². The third kappa shape index (κ3) is 6.39. The Morgan fingerprint density at radius 2 is 1.79 bits per heavy atom. The molecule has 3 rings (SSSR count). The zero-order valence-electron chi connectivity index (χ0n) is 18.5. The molecule has 0 spiro atoms. The summed E-state index contributed by atoms with van der Waals surface area (Å²) in [6, 6.07) is 17.4. The van der Waals surface area contributed by atoms with Crippen LogP contribution in [0.3, 0.4) is 0 Å². The van der Waals surface area contributed by atoms with Crippen LogP contribution in [0.2, 0.25) is 0 Å².